The molecule has 0 aromatic carbocycles. The number of carbonyl (C=O) groups excluding carboxylic acids is 1. The second-order valence-corrected chi connectivity index (χ2v) is 8.85. The van der Waals surface area contributed by atoms with Gasteiger partial charge in [-0.25, -0.2) is 4.98 Å². The van der Waals surface area contributed by atoms with Crippen LogP contribution in [0.25, 0.3) is 10.6 Å². The Morgan fingerprint density at radius 3 is 2.71 bits per heavy atom. The number of hydrogen-bond donors (Lipinski definition) is 1. The van der Waals surface area contributed by atoms with E-state index in [0.717, 1.165) is 43.5 Å². The van der Waals surface area contributed by atoms with Crippen LogP contribution in [0.1, 0.15) is 43.7 Å². The van der Waals surface area contributed by atoms with Crippen LogP contribution in [0.5, 0.6) is 0 Å². The highest BCUT2D eigenvalue weighted by Crippen LogP contribution is 2.39. The first kappa shape index (κ1) is 20.7. The van der Waals surface area contributed by atoms with E-state index in [1.54, 1.807) is 30.5 Å². The van der Waals surface area contributed by atoms with Gasteiger partial charge in [-0.2, -0.15) is 18.4 Å². The third-order valence-corrected chi connectivity index (χ3v) is 6.51. The molecule has 0 bridgehead atoms. The average molecular weight is 426 g/mol. The van der Waals surface area contributed by atoms with Crippen LogP contribution in [0, 0.1) is 11.3 Å². The van der Waals surface area contributed by atoms with Crippen molar-refractivity contribution >= 4 is 29.0 Å². The van der Waals surface area contributed by atoms with Gasteiger partial charge < -0.3 is 5.32 Å². The molecule has 1 aliphatic rings. The van der Waals surface area contributed by atoms with E-state index in [9.17, 15) is 23.2 Å². The van der Waals surface area contributed by atoms with E-state index in [1.807, 2.05) is 0 Å². The number of nitrogens with zero attached hydrogens (tertiary/aromatic N) is 2. The second kappa shape index (κ2) is 8.53. The molecule has 4 nitrogen and oxygen atoms in total. The first-order valence-corrected chi connectivity index (χ1v) is 10.6. The number of amides is 1. The number of thioether (sulfide) groups is 1. The molecule has 2 aromatic rings. The van der Waals surface area contributed by atoms with Crippen molar-refractivity contribution in [1.29, 1.82) is 5.26 Å². The summed E-state index contributed by atoms with van der Waals surface area (Å²) in [4.78, 5) is 17.3. The molecule has 3 rings (SSSR count). The minimum atomic E-state index is -4.69. The largest absolute Gasteiger partial charge is 0.417 e. The lowest BCUT2D eigenvalue weighted by Crippen LogP contribution is -2.37. The molecule has 0 radical (unpaired) electrons. The minimum absolute atomic E-state index is 0.0743. The molecule has 1 aliphatic carbocycles. The number of alkyl halides is 3. The van der Waals surface area contributed by atoms with Crippen molar-refractivity contribution < 1.29 is 18.0 Å². The lowest BCUT2D eigenvalue weighted by Gasteiger charge is -2.18. The van der Waals surface area contributed by atoms with Gasteiger partial charge in [0.25, 0.3) is 0 Å². The summed E-state index contributed by atoms with van der Waals surface area (Å²) in [6.45, 7) is 1.61. The van der Waals surface area contributed by atoms with E-state index in [2.05, 4.69) is 10.3 Å². The predicted octanol–water partition coefficient (Wildman–Crippen LogP) is 5.24. The van der Waals surface area contributed by atoms with Crippen molar-refractivity contribution in [2.24, 2.45) is 0 Å². The van der Waals surface area contributed by atoms with Gasteiger partial charge in [-0.3, -0.25) is 4.79 Å². The van der Waals surface area contributed by atoms with Crippen LogP contribution in [0.4, 0.5) is 13.2 Å². The van der Waals surface area contributed by atoms with Gasteiger partial charge in [0.1, 0.15) is 11.1 Å². The molecule has 1 N–H and O–H groups in total. The minimum Gasteiger partial charge on any atom is -0.352 e. The molecule has 1 fully saturated rings. The van der Waals surface area contributed by atoms with Crippen molar-refractivity contribution in [3.05, 3.63) is 34.7 Å². The Morgan fingerprint density at radius 1 is 1.43 bits per heavy atom. The molecule has 0 aliphatic heterocycles. The average Bonchev–Trinajstić information content (AvgIpc) is 3.34. The van der Waals surface area contributed by atoms with Crippen LogP contribution in [0.2, 0.25) is 0 Å². The lowest BCUT2D eigenvalue weighted by molar-refractivity contribution is -0.138. The molecule has 0 spiro atoms. The number of hydrogen-bond acceptors (Lipinski definition) is 5. The van der Waals surface area contributed by atoms with Gasteiger partial charge in [0.2, 0.25) is 5.91 Å². The van der Waals surface area contributed by atoms with Gasteiger partial charge in [0.15, 0.2) is 0 Å². The number of rotatable bonds is 5. The SMILES string of the molecule is CC(Sc1nc(-c2cccs2)cc(C(F)(F)F)c1C#N)C(=O)NC1CCCC1. The summed E-state index contributed by atoms with van der Waals surface area (Å²) in [7, 11) is 0. The van der Waals surface area contributed by atoms with Gasteiger partial charge in [0, 0.05) is 6.04 Å². The van der Waals surface area contributed by atoms with Gasteiger partial charge >= 0.3 is 6.18 Å². The van der Waals surface area contributed by atoms with Crippen LogP contribution in [0.15, 0.2) is 28.6 Å². The van der Waals surface area contributed by atoms with Crippen molar-refractivity contribution in [3.63, 3.8) is 0 Å². The van der Waals surface area contributed by atoms with Gasteiger partial charge in [0.05, 0.1) is 26.9 Å². The van der Waals surface area contributed by atoms with E-state index in [1.165, 1.54) is 11.3 Å². The van der Waals surface area contributed by atoms with E-state index in [0.29, 0.717) is 4.88 Å². The fraction of sp³-hybridized carbons (Fsp3) is 0.421. The number of thiophene rings is 1. The van der Waals surface area contributed by atoms with Crippen molar-refractivity contribution in [3.8, 4) is 16.6 Å². The van der Waals surface area contributed by atoms with Crippen LogP contribution < -0.4 is 5.32 Å². The monoisotopic (exact) mass is 425 g/mol. The van der Waals surface area contributed by atoms with Crippen molar-refractivity contribution in [2.75, 3.05) is 0 Å². The van der Waals surface area contributed by atoms with Gasteiger partial charge in [-0.05, 0) is 37.3 Å². The quantitative estimate of drug-likeness (QED) is 0.666. The Bertz CT molecular complexity index is 885. The van der Waals surface area contributed by atoms with E-state index < -0.39 is 22.6 Å². The first-order chi connectivity index (χ1) is 13.3. The topological polar surface area (TPSA) is 65.8 Å². The smallest absolute Gasteiger partial charge is 0.352 e. The van der Waals surface area contributed by atoms with Crippen LogP contribution in [-0.2, 0) is 11.0 Å². The third kappa shape index (κ3) is 4.67. The molecular weight excluding hydrogens is 407 g/mol. The molecule has 1 amide bonds. The fourth-order valence-electron chi connectivity index (χ4n) is 3.10. The van der Waals surface area contributed by atoms with Crippen LogP contribution >= 0.6 is 23.1 Å². The summed E-state index contributed by atoms with van der Waals surface area (Å²) >= 11 is 2.15. The third-order valence-electron chi connectivity index (χ3n) is 4.54. The van der Waals surface area contributed by atoms with Crippen LogP contribution in [0.3, 0.4) is 0 Å². The predicted molar refractivity (Wildman–Crippen MR) is 103 cm³/mol. The highest BCUT2D eigenvalue weighted by molar-refractivity contribution is 8.00. The van der Waals surface area contributed by atoms with E-state index >= 15 is 0 Å². The maximum Gasteiger partial charge on any atom is 0.417 e. The number of aromatic nitrogens is 1. The molecular formula is C19H18F3N3OS2. The molecule has 1 saturated carbocycles. The zero-order chi connectivity index (χ0) is 20.3. The normalized spacial score (nSPS) is 16.0. The second-order valence-electron chi connectivity index (χ2n) is 6.57. The maximum atomic E-state index is 13.5. The Labute approximate surface area is 169 Å². The number of nitrogens with one attached hydrogen (secondary N) is 1. The van der Waals surface area contributed by atoms with Gasteiger partial charge in [-0.15, -0.1) is 11.3 Å². The van der Waals surface area contributed by atoms with Gasteiger partial charge in [-0.1, -0.05) is 30.7 Å². The van der Waals surface area contributed by atoms with Crippen LogP contribution in [-0.4, -0.2) is 22.2 Å². The maximum absolute atomic E-state index is 13.5. The van der Waals surface area contributed by atoms with Crippen molar-refractivity contribution in [1.82, 2.24) is 10.3 Å². The Kier molecular flexibility index (Phi) is 6.30. The molecule has 2 heterocycles. The number of halogens is 3. The first-order valence-electron chi connectivity index (χ1n) is 8.83. The van der Waals surface area contributed by atoms with E-state index in [4.69, 9.17) is 0 Å². The highest BCUT2D eigenvalue weighted by Gasteiger charge is 2.36. The molecule has 0 saturated heterocycles. The summed E-state index contributed by atoms with van der Waals surface area (Å²) in [5, 5.41) is 13.3. The Hall–Kier alpha value is -2.05. The molecule has 1 unspecified atom stereocenters. The zero-order valence-electron chi connectivity index (χ0n) is 15.0. The molecule has 148 valence electrons. The summed E-state index contributed by atoms with van der Waals surface area (Å²) in [5.41, 5.74) is -1.43. The molecule has 1 atom stereocenters. The summed E-state index contributed by atoms with van der Waals surface area (Å²) in [5.74, 6) is -0.252. The Balaban J connectivity index is 1.93. The Morgan fingerprint density at radius 2 is 2.14 bits per heavy atom. The van der Waals surface area contributed by atoms with E-state index in [-0.39, 0.29) is 22.7 Å². The summed E-state index contributed by atoms with van der Waals surface area (Å²) in [6, 6.07) is 6.03. The number of nitriles is 1. The summed E-state index contributed by atoms with van der Waals surface area (Å²) < 4.78 is 40.6. The van der Waals surface area contributed by atoms with Crippen molar-refractivity contribution in [2.45, 2.75) is 55.1 Å². The zero-order valence-corrected chi connectivity index (χ0v) is 16.7. The number of carbonyl (C=O) groups is 1. The molecule has 9 heteroatoms. The molecule has 2 aromatic heterocycles. The number of pyridine rings is 1. The standard InChI is InChI=1S/C19H18F3N3OS2/c1-11(17(26)24-12-5-2-3-6-12)28-18-13(10-23)14(19(20,21)22)9-15(25-18)16-7-4-8-27-16/h4,7-9,11-12H,2-3,5-6H2,1H3,(H,24,26). The lowest BCUT2D eigenvalue weighted by atomic mass is 10.1. The summed E-state index contributed by atoms with van der Waals surface area (Å²) in [6.07, 6.45) is -0.743. The highest BCUT2D eigenvalue weighted by atomic mass is 32.2. The fourth-order valence-corrected chi connectivity index (χ4v) is 4.72. The molecule has 28 heavy (non-hydrogen) atoms.